The molecule has 1 saturated heterocycles. The fourth-order valence-corrected chi connectivity index (χ4v) is 2.84. The summed E-state index contributed by atoms with van der Waals surface area (Å²) in [6.07, 6.45) is 0. The number of fused-ring (bicyclic) bond motifs is 1. The van der Waals surface area contributed by atoms with E-state index in [4.69, 9.17) is 4.74 Å². The maximum Gasteiger partial charge on any atom is 0.310 e. The van der Waals surface area contributed by atoms with Gasteiger partial charge in [0, 0.05) is 36.8 Å². The van der Waals surface area contributed by atoms with Crippen LogP contribution in [0.15, 0.2) is 18.2 Å². The Balaban J connectivity index is 1.73. The van der Waals surface area contributed by atoms with Crippen LogP contribution in [-0.2, 0) is 0 Å². The normalized spacial score (nSPS) is 26.8. The summed E-state index contributed by atoms with van der Waals surface area (Å²) in [6, 6.07) is 4.38. The van der Waals surface area contributed by atoms with E-state index in [1.165, 1.54) is 25.3 Å². The highest BCUT2D eigenvalue weighted by atomic mass is 16.6. The van der Waals surface area contributed by atoms with E-state index in [2.05, 4.69) is 10.6 Å². The van der Waals surface area contributed by atoms with E-state index in [0.29, 0.717) is 17.4 Å². The van der Waals surface area contributed by atoms with E-state index in [-0.39, 0.29) is 23.4 Å². The molecule has 0 bridgehead atoms. The zero-order chi connectivity index (χ0) is 14.3. The van der Waals surface area contributed by atoms with Crippen LogP contribution in [-0.4, -0.2) is 37.1 Å². The third kappa shape index (κ3) is 2.09. The van der Waals surface area contributed by atoms with Crippen molar-refractivity contribution in [3.05, 3.63) is 33.9 Å². The summed E-state index contributed by atoms with van der Waals surface area (Å²) < 4.78 is 4.96. The zero-order valence-electron chi connectivity index (χ0n) is 11.0. The molecule has 1 heterocycles. The molecule has 1 aliphatic carbocycles. The second kappa shape index (κ2) is 4.75. The number of hydrogen-bond acceptors (Lipinski definition) is 5. The molecule has 2 atom stereocenters. The van der Waals surface area contributed by atoms with Gasteiger partial charge in [-0.3, -0.25) is 14.9 Å². The minimum Gasteiger partial charge on any atom is -0.490 e. The number of hydrogen-bond donors (Lipinski definition) is 2. The highest BCUT2D eigenvalue weighted by molar-refractivity contribution is 5.95. The smallest absolute Gasteiger partial charge is 0.310 e. The van der Waals surface area contributed by atoms with Gasteiger partial charge in [0.2, 0.25) is 0 Å². The van der Waals surface area contributed by atoms with Gasteiger partial charge in [-0.1, -0.05) is 0 Å². The Hall–Kier alpha value is -2.15. The Kier molecular flexibility index (Phi) is 3.06. The number of benzene rings is 1. The lowest BCUT2D eigenvalue weighted by Crippen LogP contribution is -2.32. The largest absolute Gasteiger partial charge is 0.490 e. The molecule has 7 heteroatoms. The Morgan fingerprint density at radius 3 is 2.75 bits per heavy atom. The Morgan fingerprint density at radius 1 is 1.45 bits per heavy atom. The van der Waals surface area contributed by atoms with Crippen LogP contribution in [0.2, 0.25) is 0 Å². The SMILES string of the molecule is COc1cc(C(=O)NC2C3CNCC32)ccc1[N+](=O)[O-]. The Bertz CT molecular complexity index is 565. The van der Waals surface area contributed by atoms with Gasteiger partial charge < -0.3 is 15.4 Å². The fraction of sp³-hybridized carbons (Fsp3) is 0.462. The van der Waals surface area contributed by atoms with Crippen molar-refractivity contribution in [3.8, 4) is 5.75 Å². The third-order valence-corrected chi connectivity index (χ3v) is 4.03. The minimum absolute atomic E-state index is 0.0975. The summed E-state index contributed by atoms with van der Waals surface area (Å²) >= 11 is 0. The van der Waals surface area contributed by atoms with Crippen LogP contribution >= 0.6 is 0 Å². The number of ether oxygens (including phenoxy) is 1. The van der Waals surface area contributed by atoms with Crippen molar-refractivity contribution in [2.24, 2.45) is 11.8 Å². The first-order valence-corrected chi connectivity index (χ1v) is 6.46. The topological polar surface area (TPSA) is 93.5 Å². The number of piperidine rings is 1. The molecule has 1 saturated carbocycles. The number of carbonyl (C=O) groups excluding carboxylic acids is 1. The average Bonchev–Trinajstić information content (AvgIpc) is 2.88. The fourth-order valence-electron chi connectivity index (χ4n) is 2.84. The highest BCUT2D eigenvalue weighted by Gasteiger charge is 2.53. The van der Waals surface area contributed by atoms with Gasteiger partial charge in [-0.2, -0.15) is 0 Å². The lowest BCUT2D eigenvalue weighted by atomic mass is 10.1. The van der Waals surface area contributed by atoms with Gasteiger partial charge in [-0.05, 0) is 17.9 Å². The van der Waals surface area contributed by atoms with Crippen molar-refractivity contribution in [2.45, 2.75) is 6.04 Å². The summed E-state index contributed by atoms with van der Waals surface area (Å²) in [5.74, 6) is 0.940. The van der Waals surface area contributed by atoms with Crippen molar-refractivity contribution in [1.29, 1.82) is 0 Å². The molecule has 106 valence electrons. The molecule has 0 spiro atoms. The molecule has 7 nitrogen and oxygen atoms in total. The van der Waals surface area contributed by atoms with Crippen LogP contribution in [0.25, 0.3) is 0 Å². The molecule has 2 fully saturated rings. The van der Waals surface area contributed by atoms with E-state index >= 15 is 0 Å². The van der Waals surface area contributed by atoms with Gasteiger partial charge in [-0.15, -0.1) is 0 Å². The van der Waals surface area contributed by atoms with Crippen LogP contribution < -0.4 is 15.4 Å². The summed E-state index contributed by atoms with van der Waals surface area (Å²) in [5.41, 5.74) is 0.238. The molecule has 2 aliphatic rings. The summed E-state index contributed by atoms with van der Waals surface area (Å²) in [5, 5.41) is 17.0. The number of nitrogens with zero attached hydrogens (tertiary/aromatic N) is 1. The third-order valence-electron chi connectivity index (χ3n) is 4.03. The highest BCUT2D eigenvalue weighted by Crippen LogP contribution is 2.41. The van der Waals surface area contributed by atoms with Gasteiger partial charge in [-0.25, -0.2) is 0 Å². The van der Waals surface area contributed by atoms with Crippen molar-refractivity contribution in [3.63, 3.8) is 0 Å². The minimum atomic E-state index is -0.530. The molecule has 0 aromatic heterocycles. The molecular formula is C13H15N3O4. The second-order valence-corrected chi connectivity index (χ2v) is 5.13. The van der Waals surface area contributed by atoms with E-state index in [9.17, 15) is 14.9 Å². The molecule has 2 unspecified atom stereocenters. The molecule has 0 radical (unpaired) electrons. The van der Waals surface area contributed by atoms with E-state index < -0.39 is 4.92 Å². The number of amides is 1. The Labute approximate surface area is 115 Å². The van der Waals surface area contributed by atoms with Crippen molar-refractivity contribution in [1.82, 2.24) is 10.6 Å². The lowest BCUT2D eigenvalue weighted by molar-refractivity contribution is -0.385. The average molecular weight is 277 g/mol. The number of carbonyl (C=O) groups is 1. The molecule has 2 N–H and O–H groups in total. The summed E-state index contributed by atoms with van der Waals surface area (Å²) in [4.78, 5) is 22.4. The zero-order valence-corrected chi connectivity index (χ0v) is 11.0. The van der Waals surface area contributed by atoms with Crippen LogP contribution in [0.4, 0.5) is 5.69 Å². The van der Waals surface area contributed by atoms with Crippen LogP contribution in [0, 0.1) is 22.0 Å². The van der Waals surface area contributed by atoms with Gasteiger partial charge in [0.05, 0.1) is 12.0 Å². The number of nitro groups is 1. The molecular weight excluding hydrogens is 262 g/mol. The first-order valence-electron chi connectivity index (χ1n) is 6.46. The summed E-state index contributed by atoms with van der Waals surface area (Å²) in [6.45, 7) is 1.89. The lowest BCUT2D eigenvalue weighted by Gasteiger charge is -2.09. The molecule has 1 aromatic rings. The molecule has 20 heavy (non-hydrogen) atoms. The quantitative estimate of drug-likeness (QED) is 0.619. The van der Waals surface area contributed by atoms with E-state index in [1.54, 1.807) is 0 Å². The van der Waals surface area contributed by atoms with Gasteiger partial charge in [0.25, 0.3) is 5.91 Å². The molecule has 1 aromatic carbocycles. The number of nitro benzene ring substituents is 1. The monoisotopic (exact) mass is 277 g/mol. The first-order chi connectivity index (χ1) is 9.61. The second-order valence-electron chi connectivity index (χ2n) is 5.13. The summed E-state index contributed by atoms with van der Waals surface area (Å²) in [7, 11) is 1.35. The Morgan fingerprint density at radius 2 is 2.15 bits per heavy atom. The standard InChI is InChI=1S/C13H15N3O4/c1-20-11-4-7(2-3-10(11)16(18)19)13(17)15-12-8-5-14-6-9(8)12/h2-4,8-9,12,14H,5-6H2,1H3,(H,15,17). The maximum atomic E-state index is 12.1. The molecule has 1 amide bonds. The number of nitrogens with one attached hydrogen (secondary N) is 2. The van der Waals surface area contributed by atoms with Gasteiger partial charge >= 0.3 is 5.69 Å². The predicted molar refractivity (Wildman–Crippen MR) is 70.8 cm³/mol. The number of rotatable bonds is 4. The van der Waals surface area contributed by atoms with E-state index in [1.807, 2.05) is 0 Å². The van der Waals surface area contributed by atoms with E-state index in [0.717, 1.165) is 13.1 Å². The molecule has 1 aliphatic heterocycles. The van der Waals surface area contributed by atoms with Crippen molar-refractivity contribution in [2.75, 3.05) is 20.2 Å². The van der Waals surface area contributed by atoms with Crippen LogP contribution in [0.5, 0.6) is 5.75 Å². The van der Waals surface area contributed by atoms with Crippen LogP contribution in [0.1, 0.15) is 10.4 Å². The van der Waals surface area contributed by atoms with Crippen molar-refractivity contribution >= 4 is 11.6 Å². The molecule has 3 rings (SSSR count). The van der Waals surface area contributed by atoms with Gasteiger partial charge in [0.15, 0.2) is 5.75 Å². The predicted octanol–water partition coefficient (Wildman–Crippen LogP) is 0.551. The van der Waals surface area contributed by atoms with Gasteiger partial charge in [0.1, 0.15) is 0 Å². The van der Waals surface area contributed by atoms with Crippen molar-refractivity contribution < 1.29 is 14.5 Å². The number of methoxy groups -OCH3 is 1. The first kappa shape index (κ1) is 12.9. The van der Waals surface area contributed by atoms with Crippen LogP contribution in [0.3, 0.4) is 0 Å². The maximum absolute atomic E-state index is 12.1.